The van der Waals surface area contributed by atoms with E-state index in [1.807, 2.05) is 0 Å². The summed E-state index contributed by atoms with van der Waals surface area (Å²) in [6, 6.07) is 11.2. The summed E-state index contributed by atoms with van der Waals surface area (Å²) >= 11 is 2.36. The third-order valence-electron chi connectivity index (χ3n) is 4.85. The molecule has 0 aliphatic carbocycles. The first-order valence-electron chi connectivity index (χ1n) is 7.42. The molecule has 19 heavy (non-hydrogen) atoms. The molecule has 1 aromatic carbocycles. The van der Waals surface area contributed by atoms with E-state index in [0.717, 1.165) is 18.6 Å². The Bertz CT molecular complexity index is 403. The van der Waals surface area contributed by atoms with Gasteiger partial charge in [-0.05, 0) is 73.0 Å². The second-order valence-electron chi connectivity index (χ2n) is 6.08. The molecular weight excluding hydrogens is 347 g/mol. The smallest absolute Gasteiger partial charge is 0.0208 e. The monoisotopic (exact) mass is 370 g/mol. The number of benzene rings is 1. The minimum atomic E-state index is 0.714. The van der Waals surface area contributed by atoms with E-state index in [0.29, 0.717) is 6.04 Å². The molecule has 0 amide bonds. The van der Waals surface area contributed by atoms with Crippen LogP contribution in [0.4, 0.5) is 0 Å². The number of hydrogen-bond acceptors (Lipinski definition) is 2. The van der Waals surface area contributed by atoms with Crippen molar-refractivity contribution >= 4 is 22.6 Å². The Morgan fingerprint density at radius 2 is 1.79 bits per heavy atom. The highest BCUT2D eigenvalue weighted by Crippen LogP contribution is 2.32. The highest BCUT2D eigenvalue weighted by molar-refractivity contribution is 14.1. The molecule has 3 rings (SSSR count). The number of piperidine rings is 2. The lowest BCUT2D eigenvalue weighted by molar-refractivity contribution is 0.0482. The van der Waals surface area contributed by atoms with E-state index in [4.69, 9.17) is 0 Å². The van der Waals surface area contributed by atoms with Crippen LogP contribution in [0, 0.1) is 3.57 Å². The van der Waals surface area contributed by atoms with Gasteiger partial charge in [-0.3, -0.25) is 0 Å². The van der Waals surface area contributed by atoms with Crippen molar-refractivity contribution in [3.8, 4) is 0 Å². The number of hydrogen-bond donors (Lipinski definition) is 1. The third kappa shape index (κ3) is 3.31. The van der Waals surface area contributed by atoms with Crippen LogP contribution in [0.2, 0.25) is 0 Å². The first-order chi connectivity index (χ1) is 9.22. The lowest BCUT2D eigenvalue weighted by Crippen LogP contribution is -2.54. The van der Waals surface area contributed by atoms with E-state index in [1.165, 1.54) is 41.2 Å². The zero-order valence-corrected chi connectivity index (χ0v) is 13.8. The summed E-state index contributed by atoms with van der Waals surface area (Å²) in [5.41, 5.74) is 1.41. The van der Waals surface area contributed by atoms with Crippen molar-refractivity contribution in [3.05, 3.63) is 33.4 Å². The molecule has 3 heteroatoms. The molecular formula is C16H23IN2. The van der Waals surface area contributed by atoms with Crippen molar-refractivity contribution in [2.24, 2.45) is 0 Å². The van der Waals surface area contributed by atoms with Gasteiger partial charge < -0.3 is 10.2 Å². The Hall–Kier alpha value is -0.130. The van der Waals surface area contributed by atoms with Gasteiger partial charge in [-0.15, -0.1) is 0 Å². The van der Waals surface area contributed by atoms with Crippen LogP contribution in [0.1, 0.15) is 37.7 Å². The molecule has 2 atom stereocenters. The second kappa shape index (κ2) is 6.10. The number of halogens is 1. The summed E-state index contributed by atoms with van der Waals surface area (Å²) in [7, 11) is 2.32. The minimum absolute atomic E-state index is 0.714. The standard InChI is InChI=1S/C16H23IN2/c1-19-15-3-2-4-16(19)10-14(9-15)18-11-12-5-7-13(17)8-6-12/h5-8,14-16,18H,2-4,9-11H2,1H3. The maximum Gasteiger partial charge on any atom is 0.0208 e. The van der Waals surface area contributed by atoms with Crippen molar-refractivity contribution in [2.45, 2.75) is 56.8 Å². The van der Waals surface area contributed by atoms with Crippen molar-refractivity contribution in [1.82, 2.24) is 10.2 Å². The summed E-state index contributed by atoms with van der Waals surface area (Å²) in [4.78, 5) is 2.63. The molecule has 0 radical (unpaired) electrons. The van der Waals surface area contributed by atoms with Gasteiger partial charge in [-0.1, -0.05) is 18.6 Å². The Labute approximate surface area is 130 Å². The molecule has 2 fully saturated rings. The predicted molar refractivity (Wildman–Crippen MR) is 88.2 cm³/mol. The van der Waals surface area contributed by atoms with Gasteiger partial charge in [-0.25, -0.2) is 0 Å². The van der Waals surface area contributed by atoms with Crippen LogP contribution in [0.25, 0.3) is 0 Å². The molecule has 104 valence electrons. The number of fused-ring (bicyclic) bond motifs is 2. The molecule has 0 spiro atoms. The Kier molecular flexibility index (Phi) is 4.44. The molecule has 0 aromatic heterocycles. The fraction of sp³-hybridized carbons (Fsp3) is 0.625. The van der Waals surface area contributed by atoms with Gasteiger partial charge in [0.2, 0.25) is 0 Å². The van der Waals surface area contributed by atoms with E-state index in [-0.39, 0.29) is 0 Å². The number of rotatable bonds is 3. The molecule has 2 aliphatic rings. The number of nitrogens with one attached hydrogen (secondary N) is 1. The summed E-state index contributed by atoms with van der Waals surface area (Å²) in [5, 5.41) is 3.78. The van der Waals surface area contributed by atoms with Gasteiger partial charge in [0.15, 0.2) is 0 Å². The normalized spacial score (nSPS) is 31.4. The Morgan fingerprint density at radius 3 is 2.42 bits per heavy atom. The maximum atomic E-state index is 3.78. The van der Waals surface area contributed by atoms with E-state index in [1.54, 1.807) is 0 Å². The van der Waals surface area contributed by atoms with Crippen molar-refractivity contribution in [3.63, 3.8) is 0 Å². The van der Waals surface area contributed by atoms with Crippen LogP contribution in [0.15, 0.2) is 24.3 Å². The van der Waals surface area contributed by atoms with Crippen LogP contribution < -0.4 is 5.32 Å². The lowest BCUT2D eigenvalue weighted by Gasteiger charge is -2.47. The van der Waals surface area contributed by atoms with Gasteiger partial charge >= 0.3 is 0 Å². The topological polar surface area (TPSA) is 15.3 Å². The first kappa shape index (κ1) is 13.8. The summed E-state index contributed by atoms with van der Waals surface area (Å²) in [5.74, 6) is 0. The first-order valence-corrected chi connectivity index (χ1v) is 8.50. The van der Waals surface area contributed by atoms with Crippen LogP contribution in [-0.2, 0) is 6.54 Å². The highest BCUT2D eigenvalue weighted by atomic mass is 127. The van der Waals surface area contributed by atoms with E-state index < -0.39 is 0 Å². The van der Waals surface area contributed by atoms with Gasteiger partial charge in [-0.2, -0.15) is 0 Å². The summed E-state index contributed by atoms with van der Waals surface area (Å²) in [6.45, 7) is 1.02. The average molecular weight is 370 g/mol. The fourth-order valence-electron chi connectivity index (χ4n) is 3.65. The Balaban J connectivity index is 1.55. The summed E-state index contributed by atoms with van der Waals surface area (Å²) in [6.07, 6.45) is 6.89. The quantitative estimate of drug-likeness (QED) is 0.821. The molecule has 2 nitrogen and oxygen atoms in total. The molecule has 2 bridgehead atoms. The van der Waals surface area contributed by atoms with Crippen LogP contribution in [0.3, 0.4) is 0 Å². The molecule has 2 heterocycles. The van der Waals surface area contributed by atoms with E-state index in [9.17, 15) is 0 Å². The number of nitrogens with zero attached hydrogens (tertiary/aromatic N) is 1. The minimum Gasteiger partial charge on any atom is -0.310 e. The van der Waals surface area contributed by atoms with Crippen molar-refractivity contribution in [2.75, 3.05) is 7.05 Å². The summed E-state index contributed by atoms with van der Waals surface area (Å²) < 4.78 is 1.31. The van der Waals surface area contributed by atoms with Gasteiger partial charge in [0.1, 0.15) is 0 Å². The molecule has 1 N–H and O–H groups in total. The van der Waals surface area contributed by atoms with E-state index in [2.05, 4.69) is 64.1 Å². The zero-order valence-electron chi connectivity index (χ0n) is 11.6. The maximum absolute atomic E-state index is 3.78. The largest absolute Gasteiger partial charge is 0.310 e. The van der Waals surface area contributed by atoms with Crippen molar-refractivity contribution in [1.29, 1.82) is 0 Å². The SMILES string of the molecule is CN1C2CCCC1CC(NCc1ccc(I)cc1)C2. The molecule has 2 aliphatic heterocycles. The Morgan fingerprint density at radius 1 is 1.16 bits per heavy atom. The average Bonchev–Trinajstić information content (AvgIpc) is 2.39. The van der Waals surface area contributed by atoms with E-state index >= 15 is 0 Å². The van der Waals surface area contributed by atoms with Gasteiger partial charge in [0.25, 0.3) is 0 Å². The second-order valence-corrected chi connectivity index (χ2v) is 7.33. The van der Waals surface area contributed by atoms with Crippen LogP contribution >= 0.6 is 22.6 Å². The van der Waals surface area contributed by atoms with Gasteiger partial charge in [0.05, 0.1) is 0 Å². The molecule has 2 unspecified atom stereocenters. The highest BCUT2D eigenvalue weighted by Gasteiger charge is 2.35. The van der Waals surface area contributed by atoms with Crippen LogP contribution in [-0.4, -0.2) is 30.1 Å². The lowest BCUT2D eigenvalue weighted by atomic mass is 9.82. The van der Waals surface area contributed by atoms with Crippen LogP contribution in [0.5, 0.6) is 0 Å². The van der Waals surface area contributed by atoms with Gasteiger partial charge in [0, 0.05) is 28.2 Å². The van der Waals surface area contributed by atoms with Crippen molar-refractivity contribution < 1.29 is 0 Å². The third-order valence-corrected chi connectivity index (χ3v) is 5.57. The molecule has 1 aromatic rings. The fourth-order valence-corrected chi connectivity index (χ4v) is 4.01. The zero-order chi connectivity index (χ0) is 13.2. The molecule has 2 saturated heterocycles. The predicted octanol–water partition coefficient (Wildman–Crippen LogP) is 3.40. The molecule has 0 saturated carbocycles.